The lowest BCUT2D eigenvalue weighted by molar-refractivity contribution is 0.163. The minimum Gasteiger partial charge on any atom is -0.497 e. The molecule has 4 heteroatoms. The Hall–Kier alpha value is -3.60. The highest BCUT2D eigenvalue weighted by Gasteiger charge is 2.48. The van der Waals surface area contributed by atoms with Crippen LogP contribution in [0.1, 0.15) is 70.2 Å². The van der Waals surface area contributed by atoms with Gasteiger partial charge in [-0.15, -0.1) is 0 Å². The molecule has 0 spiro atoms. The van der Waals surface area contributed by atoms with Crippen LogP contribution in [0.3, 0.4) is 0 Å². The molecule has 1 aliphatic carbocycles. The fourth-order valence-electron chi connectivity index (χ4n) is 8.24. The van der Waals surface area contributed by atoms with Gasteiger partial charge < -0.3 is 9.47 Å². The Morgan fingerprint density at radius 1 is 0.688 bits per heavy atom. The van der Waals surface area contributed by atoms with E-state index in [0.29, 0.717) is 0 Å². The molecular weight excluding hydrogens is 625 g/mol. The molecule has 5 aromatic carbocycles. The molecule has 1 atom stereocenters. The van der Waals surface area contributed by atoms with Gasteiger partial charge in [-0.3, -0.25) is 0 Å². The first-order chi connectivity index (χ1) is 23.3. The molecule has 0 radical (unpaired) electrons. The molecule has 1 heterocycles. The number of aryl methyl sites for hydroxylation is 3. The van der Waals surface area contributed by atoms with Crippen LogP contribution in [0, 0.1) is 20.8 Å². The summed E-state index contributed by atoms with van der Waals surface area (Å²) in [6.45, 7) is 6.59. The average molecular weight is 671 g/mol. The molecule has 0 amide bonds. The van der Waals surface area contributed by atoms with Gasteiger partial charge in [-0.05, 0) is 122 Å². The van der Waals surface area contributed by atoms with Gasteiger partial charge in [-0.1, -0.05) is 89.5 Å². The third-order valence-corrected chi connectivity index (χ3v) is 11.9. The largest absolute Gasteiger partial charge is 0.497 e. The summed E-state index contributed by atoms with van der Waals surface area (Å²) in [7, 11) is 1.72. The topological polar surface area (TPSA) is 18.5 Å². The van der Waals surface area contributed by atoms with Crippen LogP contribution >= 0.6 is 23.5 Å². The molecule has 0 fully saturated rings. The number of hydrogen-bond donors (Lipinski definition) is 0. The van der Waals surface area contributed by atoms with Crippen molar-refractivity contribution in [3.8, 4) is 22.6 Å². The first-order valence-electron chi connectivity index (χ1n) is 17.2. The van der Waals surface area contributed by atoms with Crippen molar-refractivity contribution >= 4 is 40.4 Å². The van der Waals surface area contributed by atoms with E-state index in [-0.39, 0.29) is 5.41 Å². The van der Waals surface area contributed by atoms with Gasteiger partial charge in [0, 0.05) is 27.5 Å². The van der Waals surface area contributed by atoms with Gasteiger partial charge in [0.25, 0.3) is 0 Å². The number of fused-ring (bicyclic) bond motifs is 8. The molecule has 0 aromatic heterocycles. The van der Waals surface area contributed by atoms with E-state index in [2.05, 4.69) is 118 Å². The molecular formula is C44H46O2S2. The summed E-state index contributed by atoms with van der Waals surface area (Å²) in [5.74, 6) is 4.16. The van der Waals surface area contributed by atoms with E-state index in [4.69, 9.17) is 9.47 Å². The van der Waals surface area contributed by atoms with Crippen molar-refractivity contribution in [1.82, 2.24) is 0 Å². The lowest BCUT2D eigenvalue weighted by atomic mass is 9.69. The van der Waals surface area contributed by atoms with Crippen LogP contribution in [0.2, 0.25) is 0 Å². The highest BCUT2D eigenvalue weighted by atomic mass is 32.2. The second-order valence-corrected chi connectivity index (χ2v) is 15.6. The standard InChI is InChI=1S/C44H46O2S2/c1-29-9-13-32(14-10-29)44(33-15-17-34(45-4)18-16-33)24-21-37-41-40(35-19-11-30(2)27-38(35)42(37)46-44)36-20-12-31(3)28-39(36)43(41,22-7-25-47-5)23-8-26-48-6/h9-21,24,27-28H,7-8,22-23,25-26H2,1-6H3. The van der Waals surface area contributed by atoms with Gasteiger partial charge in [0.15, 0.2) is 5.60 Å². The third kappa shape index (κ3) is 5.46. The lowest BCUT2D eigenvalue weighted by Gasteiger charge is -2.40. The monoisotopic (exact) mass is 670 g/mol. The van der Waals surface area contributed by atoms with Crippen LogP contribution in [0.4, 0.5) is 0 Å². The molecule has 1 aliphatic heterocycles. The molecule has 0 bridgehead atoms. The van der Waals surface area contributed by atoms with Gasteiger partial charge in [0.1, 0.15) is 11.5 Å². The van der Waals surface area contributed by atoms with E-state index in [1.165, 1.54) is 68.1 Å². The summed E-state index contributed by atoms with van der Waals surface area (Å²) in [5, 5.41) is 2.48. The summed E-state index contributed by atoms with van der Waals surface area (Å²) in [6, 6.07) is 31.4. The van der Waals surface area contributed by atoms with E-state index in [1.807, 2.05) is 35.7 Å². The minimum atomic E-state index is -0.791. The van der Waals surface area contributed by atoms with Gasteiger partial charge in [-0.25, -0.2) is 0 Å². The smallest absolute Gasteiger partial charge is 0.178 e. The quantitative estimate of drug-likeness (QED) is 0.130. The number of benzene rings is 5. The van der Waals surface area contributed by atoms with Crippen molar-refractivity contribution in [3.63, 3.8) is 0 Å². The maximum absolute atomic E-state index is 7.63. The highest BCUT2D eigenvalue weighted by Crippen LogP contribution is 2.61. The number of thioether (sulfide) groups is 2. The Morgan fingerprint density at radius 2 is 1.29 bits per heavy atom. The Balaban J connectivity index is 1.55. The normalized spacial score (nSPS) is 17.1. The van der Waals surface area contributed by atoms with Crippen LogP contribution in [-0.4, -0.2) is 31.1 Å². The third-order valence-electron chi connectivity index (χ3n) is 10.5. The van der Waals surface area contributed by atoms with E-state index in [1.54, 1.807) is 7.11 Å². The number of ether oxygens (including phenoxy) is 2. The molecule has 0 saturated carbocycles. The summed E-state index contributed by atoms with van der Waals surface area (Å²) in [6.07, 6.45) is 13.8. The zero-order chi connectivity index (χ0) is 33.5. The van der Waals surface area contributed by atoms with E-state index in [0.717, 1.165) is 47.0 Å². The van der Waals surface area contributed by atoms with Crippen molar-refractivity contribution < 1.29 is 9.47 Å². The molecule has 2 aliphatic rings. The highest BCUT2D eigenvalue weighted by molar-refractivity contribution is 7.98. The summed E-state index contributed by atoms with van der Waals surface area (Å²) in [5.41, 5.74) is 12.2. The van der Waals surface area contributed by atoms with Crippen molar-refractivity contribution in [2.75, 3.05) is 31.1 Å². The second kappa shape index (κ2) is 13.4. The fourth-order valence-corrected chi connectivity index (χ4v) is 9.10. The van der Waals surface area contributed by atoms with Crippen molar-refractivity contribution in [2.24, 2.45) is 0 Å². The Labute approximate surface area is 295 Å². The van der Waals surface area contributed by atoms with E-state index < -0.39 is 5.60 Å². The molecule has 246 valence electrons. The molecule has 48 heavy (non-hydrogen) atoms. The molecule has 5 aromatic rings. The van der Waals surface area contributed by atoms with E-state index >= 15 is 0 Å². The fraction of sp³-hybridized carbons (Fsp3) is 0.318. The maximum Gasteiger partial charge on any atom is 0.178 e. The average Bonchev–Trinajstić information content (AvgIpc) is 3.38. The Kier molecular flexibility index (Phi) is 9.17. The molecule has 2 nitrogen and oxygen atoms in total. The molecule has 1 unspecified atom stereocenters. The Bertz CT molecular complexity index is 1980. The number of rotatable bonds is 11. The zero-order valence-electron chi connectivity index (χ0n) is 29.1. The maximum atomic E-state index is 7.63. The second-order valence-electron chi connectivity index (χ2n) is 13.6. The lowest BCUT2D eigenvalue weighted by Crippen LogP contribution is -2.35. The van der Waals surface area contributed by atoms with Crippen LogP contribution in [0.5, 0.6) is 11.5 Å². The van der Waals surface area contributed by atoms with Gasteiger partial charge >= 0.3 is 0 Å². The van der Waals surface area contributed by atoms with Gasteiger partial charge in [-0.2, -0.15) is 23.5 Å². The van der Waals surface area contributed by atoms with Crippen LogP contribution in [0.15, 0.2) is 91.0 Å². The number of methoxy groups -OCH3 is 1. The van der Waals surface area contributed by atoms with Crippen molar-refractivity contribution in [1.29, 1.82) is 0 Å². The summed E-state index contributed by atoms with van der Waals surface area (Å²) >= 11 is 3.92. The number of hydrogen-bond acceptors (Lipinski definition) is 4. The molecule has 0 N–H and O–H groups in total. The van der Waals surface area contributed by atoms with Crippen molar-refractivity contribution in [2.45, 2.75) is 57.5 Å². The Morgan fingerprint density at radius 3 is 1.94 bits per heavy atom. The van der Waals surface area contributed by atoms with Gasteiger partial charge in [0.2, 0.25) is 0 Å². The summed E-state index contributed by atoms with van der Waals surface area (Å²) < 4.78 is 13.2. The molecule has 7 rings (SSSR count). The zero-order valence-corrected chi connectivity index (χ0v) is 30.7. The first kappa shape index (κ1) is 32.9. The van der Waals surface area contributed by atoms with Crippen LogP contribution in [0.25, 0.3) is 28.0 Å². The first-order valence-corrected chi connectivity index (χ1v) is 19.9. The van der Waals surface area contributed by atoms with Crippen LogP contribution in [-0.2, 0) is 11.0 Å². The van der Waals surface area contributed by atoms with Gasteiger partial charge in [0.05, 0.1) is 7.11 Å². The predicted molar refractivity (Wildman–Crippen MR) is 209 cm³/mol. The van der Waals surface area contributed by atoms with E-state index in [9.17, 15) is 0 Å². The van der Waals surface area contributed by atoms with Crippen LogP contribution < -0.4 is 9.47 Å². The minimum absolute atomic E-state index is 0.0804. The predicted octanol–water partition coefficient (Wildman–Crippen LogP) is 11.7. The molecule has 0 saturated heterocycles. The van der Waals surface area contributed by atoms with Crippen molar-refractivity contribution in [3.05, 3.63) is 136 Å². The SMILES string of the molecule is COc1ccc(C2(c3ccc(C)cc3)C=Cc3c4c(c5ccc(C)cc5c3O2)-c2ccc(C)cc2C4(CCCSC)CCCSC)cc1. The summed E-state index contributed by atoms with van der Waals surface area (Å²) in [4.78, 5) is 0.